The second kappa shape index (κ2) is 7.50. The number of carbonyl (C=O) groups is 2. The van der Waals surface area contributed by atoms with Crippen molar-refractivity contribution in [3.05, 3.63) is 0 Å². The van der Waals surface area contributed by atoms with Gasteiger partial charge in [0, 0.05) is 6.54 Å². The molecule has 0 aliphatic rings. The highest BCUT2D eigenvalue weighted by atomic mass is 16.6. The number of hydrogen-bond acceptors (Lipinski definition) is 3. The molecule has 0 aliphatic carbocycles. The Hall–Kier alpha value is -1.26. The molecule has 0 fully saturated rings. The van der Waals surface area contributed by atoms with Gasteiger partial charge >= 0.3 is 12.1 Å². The summed E-state index contributed by atoms with van der Waals surface area (Å²) in [5, 5.41) is 9.69. The van der Waals surface area contributed by atoms with Gasteiger partial charge in [0.1, 0.15) is 11.1 Å². The maximum atomic E-state index is 12.3. The van der Waals surface area contributed by atoms with Gasteiger partial charge in [0.2, 0.25) is 0 Å². The van der Waals surface area contributed by atoms with E-state index in [2.05, 4.69) is 0 Å². The summed E-state index contributed by atoms with van der Waals surface area (Å²) in [6, 6.07) is 0. The second-order valence-electron chi connectivity index (χ2n) is 6.06. The number of nitrogens with zero attached hydrogens (tertiary/aromatic N) is 1. The predicted molar refractivity (Wildman–Crippen MR) is 78.8 cm³/mol. The normalized spacial score (nSPS) is 12.1. The van der Waals surface area contributed by atoms with E-state index in [0.29, 0.717) is 32.2 Å². The van der Waals surface area contributed by atoms with Crippen LogP contribution in [0.3, 0.4) is 0 Å². The van der Waals surface area contributed by atoms with Crippen LogP contribution in [0.25, 0.3) is 0 Å². The molecule has 0 unspecified atom stereocenters. The van der Waals surface area contributed by atoms with E-state index < -0.39 is 23.2 Å². The topological polar surface area (TPSA) is 66.8 Å². The van der Waals surface area contributed by atoms with Gasteiger partial charge in [-0.15, -0.1) is 0 Å². The Morgan fingerprint density at radius 3 is 1.75 bits per heavy atom. The molecule has 20 heavy (non-hydrogen) atoms. The van der Waals surface area contributed by atoms with Crippen molar-refractivity contribution in [1.82, 2.24) is 4.90 Å². The van der Waals surface area contributed by atoms with Crippen LogP contribution in [0, 0.1) is 0 Å². The number of hydrogen-bond donors (Lipinski definition) is 1. The molecule has 0 rings (SSSR count). The fraction of sp³-hybridized carbons (Fsp3) is 0.867. The van der Waals surface area contributed by atoms with Gasteiger partial charge in [-0.05, 0) is 40.5 Å². The Balaban J connectivity index is 5.47. The van der Waals surface area contributed by atoms with Crippen molar-refractivity contribution in [2.24, 2.45) is 0 Å². The number of rotatable bonds is 7. The molecule has 0 saturated carbocycles. The summed E-state index contributed by atoms with van der Waals surface area (Å²) >= 11 is 0. The average Bonchev–Trinajstić information content (AvgIpc) is 2.27. The molecular weight excluding hydrogens is 258 g/mol. The van der Waals surface area contributed by atoms with Crippen molar-refractivity contribution in [1.29, 1.82) is 0 Å². The van der Waals surface area contributed by atoms with Crippen LogP contribution in [0.5, 0.6) is 0 Å². The van der Waals surface area contributed by atoms with Gasteiger partial charge in [0.25, 0.3) is 0 Å². The smallest absolute Gasteiger partial charge is 0.411 e. The molecule has 1 N–H and O–H groups in total. The van der Waals surface area contributed by atoms with E-state index in [4.69, 9.17) is 4.74 Å². The quantitative estimate of drug-likeness (QED) is 0.776. The third-order valence-corrected chi connectivity index (χ3v) is 3.17. The van der Waals surface area contributed by atoms with Crippen LogP contribution >= 0.6 is 0 Å². The van der Waals surface area contributed by atoms with Gasteiger partial charge < -0.3 is 9.84 Å². The Bertz CT molecular complexity index is 327. The lowest BCUT2D eigenvalue weighted by Gasteiger charge is -2.40. The Labute approximate surface area is 122 Å². The summed E-state index contributed by atoms with van der Waals surface area (Å²) in [6.45, 7) is 11.3. The van der Waals surface area contributed by atoms with Crippen LogP contribution in [0.2, 0.25) is 0 Å². The molecule has 0 heterocycles. The SMILES string of the molecule is CCCC(CCC)(C(=O)O)N(CC)C(=O)OC(C)(C)C. The van der Waals surface area contributed by atoms with E-state index in [9.17, 15) is 14.7 Å². The zero-order valence-electron chi connectivity index (χ0n) is 13.7. The van der Waals surface area contributed by atoms with Gasteiger partial charge in [-0.2, -0.15) is 0 Å². The first kappa shape index (κ1) is 18.7. The molecule has 5 nitrogen and oxygen atoms in total. The highest BCUT2D eigenvalue weighted by Gasteiger charge is 2.45. The summed E-state index contributed by atoms with van der Waals surface area (Å²) in [5.74, 6) is -0.950. The lowest BCUT2D eigenvalue weighted by atomic mass is 9.87. The van der Waals surface area contributed by atoms with Crippen LogP contribution in [0.4, 0.5) is 4.79 Å². The molecule has 0 aliphatic heterocycles. The van der Waals surface area contributed by atoms with Crippen LogP contribution in [-0.4, -0.2) is 39.8 Å². The molecule has 0 spiro atoms. The minimum Gasteiger partial charge on any atom is -0.479 e. The van der Waals surface area contributed by atoms with Crippen molar-refractivity contribution < 1.29 is 19.4 Å². The first-order valence-electron chi connectivity index (χ1n) is 7.38. The van der Waals surface area contributed by atoms with E-state index in [1.165, 1.54) is 4.90 Å². The monoisotopic (exact) mass is 287 g/mol. The maximum Gasteiger partial charge on any atom is 0.411 e. The molecule has 0 aromatic heterocycles. The van der Waals surface area contributed by atoms with Crippen LogP contribution in [0.15, 0.2) is 0 Å². The van der Waals surface area contributed by atoms with E-state index in [1.807, 2.05) is 13.8 Å². The third-order valence-electron chi connectivity index (χ3n) is 3.17. The van der Waals surface area contributed by atoms with Gasteiger partial charge in [-0.25, -0.2) is 9.59 Å². The van der Waals surface area contributed by atoms with Gasteiger partial charge in [-0.1, -0.05) is 26.7 Å². The molecule has 5 heteroatoms. The molecule has 0 aromatic carbocycles. The molecular formula is C15H29NO4. The molecule has 0 aromatic rings. The predicted octanol–water partition coefficient (Wildman–Crippen LogP) is 3.67. The highest BCUT2D eigenvalue weighted by molar-refractivity contribution is 5.84. The molecule has 0 atom stereocenters. The number of carboxylic acid groups (broad SMARTS) is 1. The summed E-state index contributed by atoms with van der Waals surface area (Å²) in [4.78, 5) is 25.5. The zero-order chi connectivity index (χ0) is 16.0. The van der Waals surface area contributed by atoms with Crippen LogP contribution < -0.4 is 0 Å². The second-order valence-corrected chi connectivity index (χ2v) is 6.06. The van der Waals surface area contributed by atoms with E-state index in [1.54, 1.807) is 27.7 Å². The van der Waals surface area contributed by atoms with Crippen molar-refractivity contribution in [2.45, 2.75) is 78.4 Å². The summed E-state index contributed by atoms with van der Waals surface area (Å²) in [5.41, 5.74) is -1.80. The third kappa shape index (κ3) is 4.69. The number of carboxylic acids is 1. The van der Waals surface area contributed by atoms with Crippen LogP contribution in [-0.2, 0) is 9.53 Å². The lowest BCUT2D eigenvalue weighted by Crippen LogP contribution is -2.58. The summed E-state index contributed by atoms with van der Waals surface area (Å²) in [6.07, 6.45) is 1.72. The van der Waals surface area contributed by atoms with Gasteiger partial charge in [0.15, 0.2) is 0 Å². The maximum absolute atomic E-state index is 12.3. The first-order valence-corrected chi connectivity index (χ1v) is 7.38. The van der Waals surface area contributed by atoms with E-state index in [-0.39, 0.29) is 0 Å². The average molecular weight is 287 g/mol. The van der Waals surface area contributed by atoms with Crippen molar-refractivity contribution in [2.75, 3.05) is 6.54 Å². The number of aliphatic carboxylic acids is 1. The molecule has 118 valence electrons. The highest BCUT2D eigenvalue weighted by Crippen LogP contribution is 2.29. The Morgan fingerprint density at radius 2 is 1.50 bits per heavy atom. The minimum absolute atomic E-state index is 0.321. The van der Waals surface area contributed by atoms with Crippen LogP contribution in [0.1, 0.15) is 67.2 Å². The molecule has 0 bridgehead atoms. The van der Waals surface area contributed by atoms with E-state index in [0.717, 1.165) is 0 Å². The summed E-state index contributed by atoms with van der Waals surface area (Å²) < 4.78 is 5.36. The standard InChI is InChI=1S/C15H29NO4/c1-7-10-15(11-8-2,12(17)18)16(9-3)13(19)20-14(4,5)6/h7-11H2,1-6H3,(H,17,18). The number of ether oxygens (including phenoxy) is 1. The number of amides is 1. The largest absolute Gasteiger partial charge is 0.479 e. The lowest BCUT2D eigenvalue weighted by molar-refractivity contribution is -0.152. The van der Waals surface area contributed by atoms with Crippen molar-refractivity contribution >= 4 is 12.1 Å². The fourth-order valence-corrected chi connectivity index (χ4v) is 2.47. The van der Waals surface area contributed by atoms with E-state index >= 15 is 0 Å². The molecule has 0 saturated heterocycles. The number of carbonyl (C=O) groups excluding carboxylic acids is 1. The first-order chi connectivity index (χ1) is 9.14. The molecule has 0 radical (unpaired) electrons. The van der Waals surface area contributed by atoms with Gasteiger partial charge in [-0.3, -0.25) is 4.90 Å². The fourth-order valence-electron chi connectivity index (χ4n) is 2.47. The summed E-state index contributed by atoms with van der Waals surface area (Å²) in [7, 11) is 0. The van der Waals surface area contributed by atoms with Gasteiger partial charge in [0.05, 0.1) is 0 Å². The van der Waals surface area contributed by atoms with Crippen molar-refractivity contribution in [3.8, 4) is 0 Å². The Kier molecular flexibility index (Phi) is 7.03. The minimum atomic E-state index is -1.17. The Morgan fingerprint density at radius 1 is 1.05 bits per heavy atom. The zero-order valence-corrected chi connectivity index (χ0v) is 13.7. The number of likely N-dealkylation sites (N-methyl/N-ethyl adjacent to an activating group) is 1. The molecule has 1 amide bonds. The van der Waals surface area contributed by atoms with Crippen molar-refractivity contribution in [3.63, 3.8) is 0 Å².